The number of rotatable bonds is 8. The van der Waals surface area contributed by atoms with Gasteiger partial charge in [0, 0.05) is 6.54 Å². The van der Waals surface area contributed by atoms with Gasteiger partial charge in [-0.25, -0.2) is 9.59 Å². The molecule has 2 atom stereocenters. The van der Waals surface area contributed by atoms with Crippen LogP contribution in [0.3, 0.4) is 0 Å². The second kappa shape index (κ2) is 8.30. The Morgan fingerprint density at radius 3 is 2.32 bits per heavy atom. The van der Waals surface area contributed by atoms with Crippen molar-refractivity contribution >= 4 is 17.9 Å². The number of carboxylic acids is 1. The van der Waals surface area contributed by atoms with Crippen molar-refractivity contribution in [2.24, 2.45) is 5.73 Å². The van der Waals surface area contributed by atoms with Crippen LogP contribution in [0.2, 0.25) is 0 Å². The smallest absolute Gasteiger partial charge is 0.328 e. The molecule has 0 radical (unpaired) electrons. The lowest BCUT2D eigenvalue weighted by Gasteiger charge is -2.25. The minimum Gasteiger partial charge on any atom is -0.480 e. The Hall–Kier alpha value is -1.83. The Bertz CT molecular complexity index is 332. The summed E-state index contributed by atoms with van der Waals surface area (Å²) in [5.74, 6) is -2.03. The van der Waals surface area contributed by atoms with Gasteiger partial charge in [0.15, 0.2) is 6.04 Å². The quantitative estimate of drug-likeness (QED) is 0.456. The molecule has 5 N–H and O–H groups in total. The molecule has 0 fully saturated rings. The van der Waals surface area contributed by atoms with Gasteiger partial charge in [-0.2, -0.15) is 0 Å². The highest BCUT2D eigenvalue weighted by Gasteiger charge is 2.27. The Kier molecular flexibility index (Phi) is 7.50. The zero-order valence-corrected chi connectivity index (χ0v) is 11.1. The summed E-state index contributed by atoms with van der Waals surface area (Å²) in [5, 5.41) is 20.3. The summed E-state index contributed by atoms with van der Waals surface area (Å²) < 4.78 is 0. The first-order valence-corrected chi connectivity index (χ1v) is 6.04. The number of carbonyl (C=O) groups is 3. The zero-order valence-electron chi connectivity index (χ0n) is 11.1. The third-order valence-electron chi connectivity index (χ3n) is 2.44. The highest BCUT2D eigenvalue weighted by atomic mass is 16.4. The Morgan fingerprint density at radius 2 is 1.95 bits per heavy atom. The van der Waals surface area contributed by atoms with Crippen molar-refractivity contribution in [1.29, 1.82) is 0 Å². The van der Waals surface area contributed by atoms with E-state index in [-0.39, 0.29) is 13.1 Å². The number of nitrogens with zero attached hydrogens (tertiary/aromatic N) is 1. The van der Waals surface area contributed by atoms with Crippen molar-refractivity contribution in [2.75, 3.05) is 13.1 Å². The normalized spacial score (nSPS) is 13.4. The minimum atomic E-state index is -1.43. The van der Waals surface area contributed by atoms with Crippen LogP contribution in [0.1, 0.15) is 26.7 Å². The van der Waals surface area contributed by atoms with Gasteiger partial charge in [-0.05, 0) is 13.3 Å². The van der Waals surface area contributed by atoms with Crippen LogP contribution >= 0.6 is 0 Å². The minimum absolute atomic E-state index is 0.289. The molecule has 0 aliphatic carbocycles. The zero-order chi connectivity index (χ0) is 15.0. The first-order chi connectivity index (χ1) is 8.79. The summed E-state index contributed by atoms with van der Waals surface area (Å²) in [7, 11) is 0. The first-order valence-electron chi connectivity index (χ1n) is 6.04. The number of hydrogen-bond donors (Lipinski definition) is 4. The molecular formula is C11H21N3O5. The molecule has 0 unspecified atom stereocenters. The van der Waals surface area contributed by atoms with Gasteiger partial charge in [-0.15, -0.1) is 0 Å². The second-order valence-electron chi connectivity index (χ2n) is 4.25. The summed E-state index contributed by atoms with van der Waals surface area (Å²) in [6.45, 7) is 3.16. The number of aliphatic hydroxyl groups is 1. The molecule has 8 nitrogen and oxygen atoms in total. The fourth-order valence-corrected chi connectivity index (χ4v) is 1.40. The molecular weight excluding hydrogens is 254 g/mol. The molecule has 0 aromatic rings. The maximum Gasteiger partial charge on any atom is 0.328 e. The van der Waals surface area contributed by atoms with Crippen LogP contribution in [0, 0.1) is 0 Å². The molecule has 19 heavy (non-hydrogen) atoms. The largest absolute Gasteiger partial charge is 0.480 e. The molecule has 0 rings (SSSR count). The number of urea groups is 1. The maximum absolute atomic E-state index is 11.8. The lowest BCUT2D eigenvalue weighted by molar-refractivity contribution is -0.141. The maximum atomic E-state index is 11.8. The van der Waals surface area contributed by atoms with Crippen LogP contribution in [0.5, 0.6) is 0 Å². The van der Waals surface area contributed by atoms with E-state index in [0.717, 1.165) is 11.3 Å². The molecule has 0 bridgehead atoms. The molecule has 0 heterocycles. The number of aliphatic carboxylic acids is 1. The van der Waals surface area contributed by atoms with Crippen LogP contribution in [0.25, 0.3) is 0 Å². The fraction of sp³-hybridized carbons (Fsp3) is 0.727. The van der Waals surface area contributed by atoms with E-state index in [0.29, 0.717) is 6.42 Å². The topological polar surface area (TPSA) is 133 Å². The van der Waals surface area contributed by atoms with Gasteiger partial charge in [0.05, 0.1) is 6.10 Å². The molecule has 0 aliphatic rings. The number of carboxylic acid groups (broad SMARTS) is 1. The van der Waals surface area contributed by atoms with Gasteiger partial charge >= 0.3 is 12.0 Å². The van der Waals surface area contributed by atoms with Gasteiger partial charge in [-0.3, -0.25) is 4.79 Å². The highest BCUT2D eigenvalue weighted by molar-refractivity contribution is 5.86. The van der Waals surface area contributed by atoms with Crippen LogP contribution in [0.15, 0.2) is 0 Å². The van der Waals surface area contributed by atoms with E-state index in [1.807, 2.05) is 6.92 Å². The van der Waals surface area contributed by atoms with Gasteiger partial charge in [0.1, 0.15) is 6.54 Å². The van der Waals surface area contributed by atoms with E-state index in [1.54, 1.807) is 0 Å². The van der Waals surface area contributed by atoms with E-state index in [2.05, 4.69) is 5.32 Å². The second-order valence-corrected chi connectivity index (χ2v) is 4.25. The molecule has 0 aliphatic heterocycles. The summed E-state index contributed by atoms with van der Waals surface area (Å²) >= 11 is 0. The lowest BCUT2D eigenvalue weighted by Crippen LogP contribution is -2.53. The Labute approximate surface area is 111 Å². The summed E-state index contributed by atoms with van der Waals surface area (Å²) in [6, 6.07) is -2.16. The molecule has 110 valence electrons. The van der Waals surface area contributed by atoms with Crippen molar-refractivity contribution in [3.05, 3.63) is 0 Å². The van der Waals surface area contributed by atoms with E-state index in [4.69, 9.17) is 10.8 Å². The number of unbranched alkanes of at least 4 members (excludes halogenated alkanes) is 1. The predicted molar refractivity (Wildman–Crippen MR) is 67.3 cm³/mol. The number of aliphatic hydroxyl groups excluding tert-OH is 1. The first kappa shape index (κ1) is 17.2. The van der Waals surface area contributed by atoms with Crippen molar-refractivity contribution in [2.45, 2.75) is 38.8 Å². The van der Waals surface area contributed by atoms with Gasteiger partial charge in [-0.1, -0.05) is 13.3 Å². The molecule has 8 heteroatoms. The molecule has 0 saturated carbocycles. The van der Waals surface area contributed by atoms with Crippen molar-refractivity contribution in [1.82, 2.24) is 10.2 Å². The van der Waals surface area contributed by atoms with Crippen LogP contribution < -0.4 is 11.1 Å². The van der Waals surface area contributed by atoms with Gasteiger partial charge < -0.3 is 26.2 Å². The summed E-state index contributed by atoms with van der Waals surface area (Å²) in [4.78, 5) is 34.7. The molecule has 3 amide bonds. The summed E-state index contributed by atoms with van der Waals surface area (Å²) in [5.41, 5.74) is 5.03. The number of amides is 3. The van der Waals surface area contributed by atoms with Crippen molar-refractivity contribution in [3.8, 4) is 0 Å². The number of carbonyl (C=O) groups excluding carboxylic acids is 2. The molecule has 0 aromatic carbocycles. The van der Waals surface area contributed by atoms with Crippen LogP contribution in [0.4, 0.5) is 4.79 Å². The Morgan fingerprint density at radius 1 is 1.37 bits per heavy atom. The van der Waals surface area contributed by atoms with Crippen molar-refractivity contribution < 1.29 is 24.6 Å². The van der Waals surface area contributed by atoms with Gasteiger partial charge in [0.2, 0.25) is 5.91 Å². The third-order valence-corrected chi connectivity index (χ3v) is 2.44. The van der Waals surface area contributed by atoms with E-state index < -0.39 is 30.1 Å². The lowest BCUT2D eigenvalue weighted by atomic mass is 10.2. The van der Waals surface area contributed by atoms with E-state index in [1.165, 1.54) is 6.92 Å². The molecule has 0 aromatic heterocycles. The average Bonchev–Trinajstić information content (AvgIpc) is 2.29. The number of nitrogens with two attached hydrogens (primary N) is 1. The third kappa shape index (κ3) is 6.61. The standard InChI is InChI=1S/C11H21N3O5/c1-3-4-5-14(6-8(12)16)11(19)13-9(7(2)15)10(17)18/h7,9,15H,3-6H2,1-2H3,(H2,12,16)(H,13,19)(H,17,18)/t7-,9+/m1/s1. The van der Waals surface area contributed by atoms with E-state index >= 15 is 0 Å². The fourth-order valence-electron chi connectivity index (χ4n) is 1.40. The van der Waals surface area contributed by atoms with Crippen LogP contribution in [-0.2, 0) is 9.59 Å². The Balaban J connectivity index is 4.68. The molecule has 0 saturated heterocycles. The number of nitrogens with one attached hydrogen (secondary N) is 1. The van der Waals surface area contributed by atoms with E-state index in [9.17, 15) is 19.5 Å². The van der Waals surface area contributed by atoms with Crippen LogP contribution in [-0.4, -0.2) is 58.3 Å². The molecule has 0 spiro atoms. The monoisotopic (exact) mass is 275 g/mol. The number of hydrogen-bond acceptors (Lipinski definition) is 4. The predicted octanol–water partition coefficient (Wildman–Crippen LogP) is -0.883. The SMILES string of the molecule is CCCCN(CC(N)=O)C(=O)N[C@H](C(=O)O)[C@@H](C)O. The summed E-state index contributed by atoms with van der Waals surface area (Å²) in [6.07, 6.45) is 0.220. The highest BCUT2D eigenvalue weighted by Crippen LogP contribution is 1.99. The number of primary amides is 1. The average molecular weight is 275 g/mol. The van der Waals surface area contributed by atoms with Gasteiger partial charge in [0.25, 0.3) is 0 Å². The van der Waals surface area contributed by atoms with Crippen molar-refractivity contribution in [3.63, 3.8) is 0 Å².